The Balaban J connectivity index is 1.58. The first-order valence-electron chi connectivity index (χ1n) is 9.29. The zero-order valence-electron chi connectivity index (χ0n) is 15.7. The number of carbonyl (C=O) groups is 1. The first kappa shape index (κ1) is 17.8. The molecule has 1 aliphatic carbocycles. The van der Waals surface area contributed by atoms with Gasteiger partial charge in [0.1, 0.15) is 5.60 Å². The highest BCUT2D eigenvalue weighted by molar-refractivity contribution is 5.69. The van der Waals surface area contributed by atoms with Crippen molar-refractivity contribution in [2.45, 2.75) is 58.5 Å². The topological polar surface area (TPSA) is 55.6 Å². The second-order valence-electron chi connectivity index (χ2n) is 8.52. The molecule has 1 aliphatic heterocycles. The van der Waals surface area contributed by atoms with Crippen LogP contribution in [0.15, 0.2) is 30.3 Å². The Morgan fingerprint density at radius 1 is 1.12 bits per heavy atom. The summed E-state index contributed by atoms with van der Waals surface area (Å²) in [6.45, 7) is 7.36. The molecule has 1 saturated heterocycles. The van der Waals surface area contributed by atoms with E-state index < -0.39 is 5.60 Å². The van der Waals surface area contributed by atoms with Gasteiger partial charge in [0.25, 0.3) is 0 Å². The van der Waals surface area contributed by atoms with Crippen LogP contribution in [-0.4, -0.2) is 29.7 Å². The van der Waals surface area contributed by atoms with E-state index in [0.29, 0.717) is 5.41 Å². The number of carbonyl (C=O) groups excluding carboxylic acids is 1. The second-order valence-corrected chi connectivity index (χ2v) is 8.52. The molecule has 25 heavy (non-hydrogen) atoms. The van der Waals surface area contributed by atoms with Crippen LogP contribution in [-0.2, 0) is 4.74 Å². The Labute approximate surface area is 151 Å². The van der Waals surface area contributed by atoms with Crippen molar-refractivity contribution >= 4 is 17.4 Å². The molecule has 1 amide bonds. The number of allylic oxidation sites excluding steroid dienone is 2. The quantitative estimate of drug-likeness (QED) is 0.742. The van der Waals surface area contributed by atoms with Gasteiger partial charge in [0, 0.05) is 18.8 Å². The summed E-state index contributed by atoms with van der Waals surface area (Å²) >= 11 is 0. The van der Waals surface area contributed by atoms with Crippen LogP contribution in [0.5, 0.6) is 0 Å². The third kappa shape index (κ3) is 4.36. The summed E-state index contributed by atoms with van der Waals surface area (Å²) in [5, 5.41) is 0. The second kappa shape index (κ2) is 6.74. The number of nitrogens with zero attached hydrogens (tertiary/aromatic N) is 1. The van der Waals surface area contributed by atoms with Crippen LogP contribution in [0.2, 0.25) is 0 Å². The third-order valence-corrected chi connectivity index (χ3v) is 5.46. The Morgan fingerprint density at radius 3 is 2.28 bits per heavy atom. The minimum absolute atomic E-state index is 0.170. The molecule has 1 fully saturated rings. The lowest BCUT2D eigenvalue weighted by Crippen LogP contribution is -2.45. The largest absolute Gasteiger partial charge is 0.444 e. The van der Waals surface area contributed by atoms with Gasteiger partial charge in [-0.25, -0.2) is 4.79 Å². The van der Waals surface area contributed by atoms with E-state index in [2.05, 4.69) is 18.2 Å². The molecule has 3 rings (SSSR count). The first-order chi connectivity index (χ1) is 11.8. The molecule has 136 valence electrons. The van der Waals surface area contributed by atoms with E-state index in [-0.39, 0.29) is 6.09 Å². The number of piperidine rings is 1. The predicted octanol–water partition coefficient (Wildman–Crippen LogP) is 4.85. The molecule has 0 aromatic heterocycles. The van der Waals surface area contributed by atoms with Crippen molar-refractivity contribution in [1.29, 1.82) is 0 Å². The zero-order chi connectivity index (χ0) is 18.1. The van der Waals surface area contributed by atoms with Gasteiger partial charge in [0.2, 0.25) is 0 Å². The standard InChI is InChI=1S/C21H30N2O2/c1-20(2,3)25-19(24)23-14-12-21(13-15-23)10-8-17(9-11-21)16-4-6-18(22)7-5-16/h4-8H,9-15,22H2,1-3H3. The van der Waals surface area contributed by atoms with Crippen molar-refractivity contribution in [3.05, 3.63) is 35.9 Å². The monoisotopic (exact) mass is 342 g/mol. The molecule has 4 nitrogen and oxygen atoms in total. The molecule has 2 aliphatic rings. The van der Waals surface area contributed by atoms with Crippen molar-refractivity contribution in [3.8, 4) is 0 Å². The first-order valence-corrected chi connectivity index (χ1v) is 9.29. The number of anilines is 1. The van der Waals surface area contributed by atoms with Gasteiger partial charge in [-0.05, 0) is 81.6 Å². The third-order valence-electron chi connectivity index (χ3n) is 5.46. The average Bonchev–Trinajstić information content (AvgIpc) is 2.56. The summed E-state index contributed by atoms with van der Waals surface area (Å²) in [6, 6.07) is 8.17. The highest BCUT2D eigenvalue weighted by Gasteiger charge is 2.37. The minimum Gasteiger partial charge on any atom is -0.444 e. The summed E-state index contributed by atoms with van der Waals surface area (Å²) in [6.07, 6.45) is 7.78. The van der Waals surface area contributed by atoms with Gasteiger partial charge in [0.15, 0.2) is 0 Å². The molecule has 2 N–H and O–H groups in total. The number of ether oxygens (including phenoxy) is 1. The van der Waals surface area contributed by atoms with E-state index in [1.807, 2.05) is 37.8 Å². The summed E-state index contributed by atoms with van der Waals surface area (Å²) in [4.78, 5) is 14.1. The SMILES string of the molecule is CC(C)(C)OC(=O)N1CCC2(CC=C(c3ccc(N)cc3)CC2)CC1. The van der Waals surface area contributed by atoms with Gasteiger partial charge in [-0.1, -0.05) is 18.2 Å². The number of hydrogen-bond donors (Lipinski definition) is 1. The van der Waals surface area contributed by atoms with Crippen LogP contribution in [0.1, 0.15) is 58.4 Å². The summed E-state index contributed by atoms with van der Waals surface area (Å²) in [5.41, 5.74) is 9.25. The van der Waals surface area contributed by atoms with Crippen LogP contribution in [0.3, 0.4) is 0 Å². The fourth-order valence-electron chi connectivity index (χ4n) is 3.85. The van der Waals surface area contributed by atoms with Gasteiger partial charge in [0.05, 0.1) is 0 Å². The molecule has 1 aromatic rings. The van der Waals surface area contributed by atoms with E-state index in [0.717, 1.165) is 44.5 Å². The fraction of sp³-hybridized carbons (Fsp3) is 0.571. The number of rotatable bonds is 1. The number of likely N-dealkylation sites (tertiary alicyclic amines) is 1. The van der Waals surface area contributed by atoms with Gasteiger partial charge in [-0.15, -0.1) is 0 Å². The van der Waals surface area contributed by atoms with E-state index in [1.165, 1.54) is 17.6 Å². The maximum absolute atomic E-state index is 12.2. The van der Waals surface area contributed by atoms with Crippen molar-refractivity contribution in [2.24, 2.45) is 5.41 Å². The van der Waals surface area contributed by atoms with Gasteiger partial charge >= 0.3 is 6.09 Å². The van der Waals surface area contributed by atoms with Crippen LogP contribution in [0.25, 0.3) is 5.57 Å². The highest BCUT2D eigenvalue weighted by Crippen LogP contribution is 2.45. The molecular weight excluding hydrogens is 312 g/mol. The van der Waals surface area contributed by atoms with Gasteiger partial charge in [-0.2, -0.15) is 0 Å². The lowest BCUT2D eigenvalue weighted by molar-refractivity contribution is 0.00896. The average molecular weight is 342 g/mol. The van der Waals surface area contributed by atoms with Crippen molar-refractivity contribution < 1.29 is 9.53 Å². The van der Waals surface area contributed by atoms with E-state index in [1.54, 1.807) is 0 Å². The Hall–Kier alpha value is -1.97. The maximum atomic E-state index is 12.2. The lowest BCUT2D eigenvalue weighted by atomic mass is 9.68. The summed E-state index contributed by atoms with van der Waals surface area (Å²) in [5.74, 6) is 0. The number of benzene rings is 1. The number of nitrogen functional groups attached to an aromatic ring is 1. The lowest BCUT2D eigenvalue weighted by Gasteiger charge is -2.43. The Kier molecular flexibility index (Phi) is 4.81. The van der Waals surface area contributed by atoms with Gasteiger partial charge < -0.3 is 15.4 Å². The molecule has 0 radical (unpaired) electrons. The van der Waals surface area contributed by atoms with E-state index in [4.69, 9.17) is 10.5 Å². The number of amides is 1. The molecule has 0 saturated carbocycles. The van der Waals surface area contributed by atoms with Crippen LogP contribution in [0, 0.1) is 5.41 Å². The van der Waals surface area contributed by atoms with E-state index in [9.17, 15) is 4.79 Å². The minimum atomic E-state index is -0.423. The van der Waals surface area contributed by atoms with E-state index >= 15 is 0 Å². The molecular formula is C21H30N2O2. The molecule has 4 heteroatoms. The van der Waals surface area contributed by atoms with Crippen molar-refractivity contribution in [2.75, 3.05) is 18.8 Å². The normalized spacial score (nSPS) is 20.3. The van der Waals surface area contributed by atoms with Crippen LogP contribution >= 0.6 is 0 Å². The molecule has 0 atom stereocenters. The van der Waals surface area contributed by atoms with Crippen molar-refractivity contribution in [3.63, 3.8) is 0 Å². The highest BCUT2D eigenvalue weighted by atomic mass is 16.6. The van der Waals surface area contributed by atoms with Crippen molar-refractivity contribution in [1.82, 2.24) is 4.90 Å². The molecule has 0 bridgehead atoms. The molecule has 1 aromatic carbocycles. The Morgan fingerprint density at radius 2 is 1.76 bits per heavy atom. The molecule has 1 spiro atoms. The summed E-state index contributed by atoms with van der Waals surface area (Å²) in [7, 11) is 0. The fourth-order valence-corrected chi connectivity index (χ4v) is 3.85. The number of nitrogens with two attached hydrogens (primary N) is 1. The molecule has 0 unspecified atom stereocenters. The predicted molar refractivity (Wildman–Crippen MR) is 102 cm³/mol. The maximum Gasteiger partial charge on any atom is 0.410 e. The molecule has 1 heterocycles. The number of hydrogen-bond acceptors (Lipinski definition) is 3. The van der Waals surface area contributed by atoms with Gasteiger partial charge in [-0.3, -0.25) is 0 Å². The zero-order valence-corrected chi connectivity index (χ0v) is 15.7. The Bertz CT molecular complexity index is 647. The van der Waals surface area contributed by atoms with Crippen LogP contribution < -0.4 is 5.73 Å². The smallest absolute Gasteiger partial charge is 0.410 e. The summed E-state index contributed by atoms with van der Waals surface area (Å²) < 4.78 is 5.50. The van der Waals surface area contributed by atoms with Crippen LogP contribution in [0.4, 0.5) is 10.5 Å².